The van der Waals surface area contributed by atoms with Crippen LogP contribution in [0.25, 0.3) is 0 Å². The van der Waals surface area contributed by atoms with Crippen molar-refractivity contribution in [2.24, 2.45) is 5.73 Å². The normalized spacial score (nSPS) is 12.2. The fourth-order valence-electron chi connectivity index (χ4n) is 1.88. The summed E-state index contributed by atoms with van der Waals surface area (Å²) < 4.78 is 0. The van der Waals surface area contributed by atoms with Crippen molar-refractivity contribution in [2.45, 2.75) is 39.7 Å². The monoisotopic (exact) mass is 234 g/mol. The molecule has 3 heteroatoms. The zero-order chi connectivity index (χ0) is 12.8. The van der Waals surface area contributed by atoms with E-state index < -0.39 is 6.04 Å². The van der Waals surface area contributed by atoms with Crippen LogP contribution >= 0.6 is 0 Å². The molecular formula is C14H22N2O. The third-order valence-electron chi connectivity index (χ3n) is 2.96. The van der Waals surface area contributed by atoms with Crippen molar-refractivity contribution in [1.82, 2.24) is 5.32 Å². The molecule has 0 aliphatic carbocycles. The Balaban J connectivity index is 2.39. The van der Waals surface area contributed by atoms with E-state index in [0.29, 0.717) is 6.54 Å². The first kappa shape index (κ1) is 13.7. The van der Waals surface area contributed by atoms with Gasteiger partial charge in [0.15, 0.2) is 0 Å². The van der Waals surface area contributed by atoms with E-state index >= 15 is 0 Å². The van der Waals surface area contributed by atoms with E-state index in [2.05, 4.69) is 37.4 Å². The van der Waals surface area contributed by atoms with E-state index in [1.54, 1.807) is 6.92 Å². The highest BCUT2D eigenvalue weighted by Crippen LogP contribution is 2.14. The zero-order valence-corrected chi connectivity index (χ0v) is 10.9. The van der Waals surface area contributed by atoms with Crippen LogP contribution in [0.2, 0.25) is 0 Å². The molecule has 0 saturated heterocycles. The third kappa shape index (κ3) is 4.19. The molecule has 0 saturated carbocycles. The molecule has 0 bridgehead atoms. The lowest BCUT2D eigenvalue weighted by Gasteiger charge is -2.11. The lowest BCUT2D eigenvalue weighted by molar-refractivity contribution is -0.121. The number of carbonyl (C=O) groups excluding carboxylic acids is 1. The SMILES string of the molecule is Cc1cccc(C)c1CCCNC(=O)[C@@H](C)N. The van der Waals surface area contributed by atoms with Crippen LogP contribution in [0.4, 0.5) is 0 Å². The zero-order valence-electron chi connectivity index (χ0n) is 10.9. The average Bonchev–Trinajstić information content (AvgIpc) is 2.27. The van der Waals surface area contributed by atoms with Crippen molar-refractivity contribution < 1.29 is 4.79 Å². The van der Waals surface area contributed by atoms with Gasteiger partial charge >= 0.3 is 0 Å². The minimum absolute atomic E-state index is 0.0773. The van der Waals surface area contributed by atoms with Gasteiger partial charge in [0.05, 0.1) is 6.04 Å². The van der Waals surface area contributed by atoms with Gasteiger partial charge in [-0.1, -0.05) is 18.2 Å². The number of hydrogen-bond acceptors (Lipinski definition) is 2. The van der Waals surface area contributed by atoms with E-state index in [1.807, 2.05) is 0 Å². The fourth-order valence-corrected chi connectivity index (χ4v) is 1.88. The van der Waals surface area contributed by atoms with Crippen LogP contribution < -0.4 is 11.1 Å². The maximum atomic E-state index is 11.3. The summed E-state index contributed by atoms with van der Waals surface area (Å²) in [5, 5.41) is 2.83. The first-order chi connectivity index (χ1) is 8.02. The summed E-state index contributed by atoms with van der Waals surface area (Å²) in [6, 6.07) is 5.91. The van der Waals surface area contributed by atoms with Gasteiger partial charge in [-0.3, -0.25) is 4.79 Å². The molecule has 0 aliphatic rings. The van der Waals surface area contributed by atoms with E-state index in [0.717, 1.165) is 12.8 Å². The second-order valence-corrected chi connectivity index (χ2v) is 4.55. The first-order valence-corrected chi connectivity index (χ1v) is 6.10. The standard InChI is InChI=1S/C14H22N2O/c1-10-6-4-7-11(2)13(10)8-5-9-16-14(17)12(3)15/h4,6-7,12H,5,8-9,15H2,1-3H3,(H,16,17)/t12-/m1/s1. The van der Waals surface area contributed by atoms with Crippen LogP contribution in [0.1, 0.15) is 30.0 Å². The van der Waals surface area contributed by atoms with Crippen molar-refractivity contribution in [3.63, 3.8) is 0 Å². The van der Waals surface area contributed by atoms with Crippen molar-refractivity contribution in [3.05, 3.63) is 34.9 Å². The molecule has 1 atom stereocenters. The number of nitrogens with two attached hydrogens (primary N) is 1. The number of benzene rings is 1. The molecule has 0 heterocycles. The minimum Gasteiger partial charge on any atom is -0.355 e. The second kappa shape index (κ2) is 6.40. The second-order valence-electron chi connectivity index (χ2n) is 4.55. The quantitative estimate of drug-likeness (QED) is 0.762. The Labute approximate surface area is 103 Å². The van der Waals surface area contributed by atoms with Crippen molar-refractivity contribution >= 4 is 5.91 Å². The summed E-state index contributed by atoms with van der Waals surface area (Å²) >= 11 is 0. The van der Waals surface area contributed by atoms with Crippen LogP contribution in [0.3, 0.4) is 0 Å². The Morgan fingerprint density at radius 1 is 1.35 bits per heavy atom. The van der Waals surface area contributed by atoms with Crippen molar-refractivity contribution in [2.75, 3.05) is 6.54 Å². The molecule has 0 unspecified atom stereocenters. The Kier molecular flexibility index (Phi) is 5.16. The van der Waals surface area contributed by atoms with Gasteiger partial charge in [-0.2, -0.15) is 0 Å². The van der Waals surface area contributed by atoms with Crippen LogP contribution in [-0.4, -0.2) is 18.5 Å². The van der Waals surface area contributed by atoms with Gasteiger partial charge in [0, 0.05) is 6.54 Å². The lowest BCUT2D eigenvalue weighted by atomic mass is 9.99. The van der Waals surface area contributed by atoms with Crippen LogP contribution in [0, 0.1) is 13.8 Å². The van der Waals surface area contributed by atoms with Crippen molar-refractivity contribution in [1.29, 1.82) is 0 Å². The third-order valence-corrected chi connectivity index (χ3v) is 2.96. The molecule has 1 amide bonds. The number of rotatable bonds is 5. The van der Waals surface area contributed by atoms with Gasteiger partial charge < -0.3 is 11.1 Å². The molecule has 0 radical (unpaired) electrons. The summed E-state index contributed by atoms with van der Waals surface area (Å²) in [6.45, 7) is 6.64. The molecule has 0 aromatic heterocycles. The highest BCUT2D eigenvalue weighted by molar-refractivity contribution is 5.80. The summed E-state index contributed by atoms with van der Waals surface area (Å²) in [6.07, 6.45) is 1.95. The molecular weight excluding hydrogens is 212 g/mol. The molecule has 1 rings (SSSR count). The topological polar surface area (TPSA) is 55.1 Å². The smallest absolute Gasteiger partial charge is 0.236 e. The van der Waals surface area contributed by atoms with E-state index in [9.17, 15) is 4.79 Å². The summed E-state index contributed by atoms with van der Waals surface area (Å²) in [7, 11) is 0. The largest absolute Gasteiger partial charge is 0.355 e. The molecule has 3 N–H and O–H groups in total. The van der Waals surface area contributed by atoms with Crippen molar-refractivity contribution in [3.8, 4) is 0 Å². The first-order valence-electron chi connectivity index (χ1n) is 6.10. The molecule has 94 valence electrons. The summed E-state index contributed by atoms with van der Waals surface area (Å²) in [5.41, 5.74) is 9.50. The number of carbonyl (C=O) groups is 1. The minimum atomic E-state index is -0.421. The molecule has 0 spiro atoms. The Hall–Kier alpha value is -1.35. The highest BCUT2D eigenvalue weighted by Gasteiger charge is 2.06. The molecule has 1 aromatic carbocycles. The molecule has 0 fully saturated rings. The summed E-state index contributed by atoms with van der Waals surface area (Å²) in [5.74, 6) is -0.0773. The van der Waals surface area contributed by atoms with E-state index in [1.165, 1.54) is 16.7 Å². The highest BCUT2D eigenvalue weighted by atomic mass is 16.2. The van der Waals surface area contributed by atoms with Gasteiger partial charge in [-0.25, -0.2) is 0 Å². The van der Waals surface area contributed by atoms with E-state index in [4.69, 9.17) is 5.73 Å². The Morgan fingerprint density at radius 2 is 1.94 bits per heavy atom. The number of amides is 1. The maximum Gasteiger partial charge on any atom is 0.236 e. The van der Waals surface area contributed by atoms with Gasteiger partial charge in [-0.05, 0) is 50.3 Å². The number of nitrogens with one attached hydrogen (secondary N) is 1. The van der Waals surface area contributed by atoms with Gasteiger partial charge in [-0.15, -0.1) is 0 Å². The molecule has 1 aromatic rings. The van der Waals surface area contributed by atoms with Crippen LogP contribution in [0.5, 0.6) is 0 Å². The number of hydrogen-bond donors (Lipinski definition) is 2. The Morgan fingerprint density at radius 3 is 2.47 bits per heavy atom. The van der Waals surface area contributed by atoms with Crippen LogP contribution in [-0.2, 0) is 11.2 Å². The van der Waals surface area contributed by atoms with Gasteiger partial charge in [0.2, 0.25) is 5.91 Å². The average molecular weight is 234 g/mol. The summed E-state index contributed by atoms with van der Waals surface area (Å²) in [4.78, 5) is 11.3. The Bertz CT molecular complexity index is 366. The predicted molar refractivity (Wildman–Crippen MR) is 70.9 cm³/mol. The van der Waals surface area contributed by atoms with Crippen LogP contribution in [0.15, 0.2) is 18.2 Å². The van der Waals surface area contributed by atoms with Gasteiger partial charge in [0.1, 0.15) is 0 Å². The predicted octanol–water partition coefficient (Wildman–Crippen LogP) is 1.70. The van der Waals surface area contributed by atoms with E-state index in [-0.39, 0.29) is 5.91 Å². The lowest BCUT2D eigenvalue weighted by Crippen LogP contribution is -2.38. The van der Waals surface area contributed by atoms with Gasteiger partial charge in [0.25, 0.3) is 0 Å². The number of aryl methyl sites for hydroxylation is 2. The fraction of sp³-hybridized carbons (Fsp3) is 0.500. The molecule has 0 aliphatic heterocycles. The molecule has 3 nitrogen and oxygen atoms in total. The molecule has 17 heavy (non-hydrogen) atoms. The maximum absolute atomic E-state index is 11.3.